The molecule has 0 bridgehead atoms. The summed E-state index contributed by atoms with van der Waals surface area (Å²) in [6, 6.07) is 7.49. The van der Waals surface area contributed by atoms with Crippen LogP contribution in [0.1, 0.15) is 88.8 Å². The second kappa shape index (κ2) is 13.8. The van der Waals surface area contributed by atoms with Crippen molar-refractivity contribution >= 4 is 52.0 Å². The van der Waals surface area contributed by atoms with Gasteiger partial charge in [-0.25, -0.2) is 9.97 Å². The molecule has 0 fully saturated rings. The van der Waals surface area contributed by atoms with Gasteiger partial charge in [0.25, 0.3) is 5.91 Å². The summed E-state index contributed by atoms with van der Waals surface area (Å²) >= 11 is 6.55. The Labute approximate surface area is 218 Å². The summed E-state index contributed by atoms with van der Waals surface area (Å²) < 4.78 is 0. The van der Waals surface area contributed by atoms with E-state index in [1.165, 1.54) is 25.7 Å². The molecule has 0 aliphatic rings. The molecule has 0 aliphatic carbocycles. The smallest absolute Gasteiger partial charge is 0.267 e. The first kappa shape index (κ1) is 27.4. The Bertz CT molecular complexity index is 1220. The highest BCUT2D eigenvalue weighted by Gasteiger charge is 2.15. The average Bonchev–Trinajstić information content (AvgIpc) is 3.30. The largest absolute Gasteiger partial charge is 0.349 e. The molecule has 192 valence electrons. The van der Waals surface area contributed by atoms with Gasteiger partial charge < -0.3 is 15.6 Å². The number of carbonyl (C=O) groups excluding carboxylic acids is 1. The molecule has 1 amide bonds. The molecule has 7 nitrogen and oxygen atoms in total. The van der Waals surface area contributed by atoms with Gasteiger partial charge >= 0.3 is 0 Å². The van der Waals surface area contributed by atoms with Gasteiger partial charge in [-0.15, -0.1) is 0 Å². The molecule has 36 heavy (non-hydrogen) atoms. The van der Waals surface area contributed by atoms with E-state index >= 15 is 0 Å². The average molecular weight is 509 g/mol. The van der Waals surface area contributed by atoms with E-state index in [2.05, 4.69) is 44.4 Å². The van der Waals surface area contributed by atoms with Crippen LogP contribution in [-0.4, -0.2) is 33.1 Å². The first-order valence-corrected chi connectivity index (χ1v) is 13.2. The number of unbranched alkanes of at least 4 members (excludes halogenated alkanes) is 4. The second-order valence-corrected chi connectivity index (χ2v) is 9.37. The van der Waals surface area contributed by atoms with E-state index in [1.54, 1.807) is 12.3 Å². The number of allylic oxidation sites excluding steroid dienone is 1. The number of nitrogens with one attached hydrogen (secondary N) is 3. The molecule has 2 heterocycles. The minimum Gasteiger partial charge on any atom is -0.349 e. The molecule has 0 radical (unpaired) electrons. The molecule has 3 N–H and O–H groups in total. The highest BCUT2D eigenvalue weighted by molar-refractivity contribution is 6.35. The van der Waals surface area contributed by atoms with Crippen LogP contribution in [0.2, 0.25) is 5.02 Å². The third-order valence-corrected chi connectivity index (χ3v) is 6.20. The van der Waals surface area contributed by atoms with Crippen molar-refractivity contribution in [1.82, 2.24) is 20.3 Å². The Balaban J connectivity index is 1.70. The number of hydrogen-bond donors (Lipinski definition) is 3. The van der Waals surface area contributed by atoms with Crippen LogP contribution in [0.5, 0.6) is 0 Å². The molecular formula is C28H37ClN6O. The molecule has 8 heteroatoms. The van der Waals surface area contributed by atoms with Crippen molar-refractivity contribution in [1.29, 1.82) is 0 Å². The minimum atomic E-state index is -0.125. The van der Waals surface area contributed by atoms with Crippen LogP contribution < -0.4 is 10.6 Å². The number of halogens is 1. The van der Waals surface area contributed by atoms with Gasteiger partial charge in [0, 0.05) is 29.5 Å². The summed E-state index contributed by atoms with van der Waals surface area (Å²) in [4.78, 5) is 29.4. The third-order valence-electron chi connectivity index (χ3n) is 5.90. The lowest BCUT2D eigenvalue weighted by atomic mass is 10.1. The summed E-state index contributed by atoms with van der Waals surface area (Å²) in [5, 5.41) is 7.66. The molecule has 1 aromatic carbocycles. The predicted octanol–water partition coefficient (Wildman–Crippen LogP) is 7.68. The number of rotatable bonds is 13. The van der Waals surface area contributed by atoms with E-state index in [1.807, 2.05) is 44.3 Å². The first-order valence-electron chi connectivity index (χ1n) is 12.9. The van der Waals surface area contributed by atoms with Gasteiger partial charge in [0.05, 0.1) is 21.9 Å². The second-order valence-electron chi connectivity index (χ2n) is 8.97. The lowest BCUT2D eigenvalue weighted by molar-refractivity contribution is 0.0933. The van der Waals surface area contributed by atoms with E-state index in [0.717, 1.165) is 47.2 Å². The quantitative estimate of drug-likeness (QED) is 0.163. The highest BCUT2D eigenvalue weighted by Crippen LogP contribution is 2.29. The standard InChI is InChI=1S/C28H37ClN6O/c1-5-8-9-10-11-12-19(4)32-27(36)25-17-20-16-21(18-22(29)26(20)34-25)33-28-31-15-13-24(35-28)23(7-3)30-14-6-2/h7,13-19,34H,5-6,8-12H2,1-4H3,(H,32,36)(H,31,33,35)/b23-7-,30-14?. The van der Waals surface area contributed by atoms with Crippen molar-refractivity contribution in [2.75, 3.05) is 5.32 Å². The number of benzene rings is 1. The zero-order valence-corrected chi connectivity index (χ0v) is 22.5. The fraction of sp³-hybridized carbons (Fsp3) is 0.429. The van der Waals surface area contributed by atoms with E-state index in [0.29, 0.717) is 16.7 Å². The molecule has 1 atom stereocenters. The van der Waals surface area contributed by atoms with Crippen LogP contribution in [0.25, 0.3) is 16.6 Å². The molecule has 0 saturated carbocycles. The number of aliphatic imine (C=N–C) groups is 1. The monoisotopic (exact) mass is 508 g/mol. The highest BCUT2D eigenvalue weighted by atomic mass is 35.5. The number of H-pyrrole nitrogens is 1. The Kier molecular flexibility index (Phi) is 10.5. The minimum absolute atomic E-state index is 0.117. The fourth-order valence-electron chi connectivity index (χ4n) is 3.99. The van der Waals surface area contributed by atoms with Gasteiger partial charge in [-0.3, -0.25) is 9.79 Å². The Morgan fingerprint density at radius 2 is 2.00 bits per heavy atom. The van der Waals surface area contributed by atoms with Gasteiger partial charge in [-0.2, -0.15) is 0 Å². The number of anilines is 2. The van der Waals surface area contributed by atoms with Gasteiger partial charge in [0.1, 0.15) is 5.69 Å². The van der Waals surface area contributed by atoms with Crippen molar-refractivity contribution in [2.45, 2.75) is 78.7 Å². The number of carbonyl (C=O) groups is 1. The third kappa shape index (κ3) is 7.65. The fourth-order valence-corrected chi connectivity index (χ4v) is 4.26. The summed E-state index contributed by atoms with van der Waals surface area (Å²) in [6.07, 6.45) is 13.4. The number of nitrogens with zero attached hydrogens (tertiary/aromatic N) is 3. The van der Waals surface area contributed by atoms with Crippen LogP contribution in [0.4, 0.5) is 11.6 Å². The molecule has 0 spiro atoms. The summed E-state index contributed by atoms with van der Waals surface area (Å²) in [5.41, 5.74) is 3.46. The maximum atomic E-state index is 12.8. The number of amides is 1. The lowest BCUT2D eigenvalue weighted by Crippen LogP contribution is -2.32. The molecule has 2 aromatic heterocycles. The summed E-state index contributed by atoms with van der Waals surface area (Å²) in [6.45, 7) is 8.23. The molecule has 1 unspecified atom stereocenters. The maximum absolute atomic E-state index is 12.8. The topological polar surface area (TPSA) is 95.1 Å². The van der Waals surface area contributed by atoms with E-state index < -0.39 is 0 Å². The van der Waals surface area contributed by atoms with E-state index in [9.17, 15) is 4.79 Å². The Morgan fingerprint density at radius 3 is 2.75 bits per heavy atom. The van der Waals surface area contributed by atoms with Crippen molar-refractivity contribution in [2.24, 2.45) is 4.99 Å². The summed E-state index contributed by atoms with van der Waals surface area (Å²) in [7, 11) is 0. The first-order chi connectivity index (χ1) is 17.4. The molecule has 0 aliphatic heterocycles. The van der Waals surface area contributed by atoms with Gasteiger partial charge in [-0.05, 0) is 51.0 Å². The van der Waals surface area contributed by atoms with Crippen molar-refractivity contribution in [3.05, 3.63) is 52.9 Å². The van der Waals surface area contributed by atoms with Crippen LogP contribution >= 0.6 is 11.6 Å². The zero-order valence-electron chi connectivity index (χ0n) is 21.7. The van der Waals surface area contributed by atoms with Crippen molar-refractivity contribution in [3.8, 4) is 0 Å². The number of fused-ring (bicyclic) bond motifs is 1. The number of hydrogen-bond acceptors (Lipinski definition) is 5. The van der Waals surface area contributed by atoms with Gasteiger partial charge in [-0.1, -0.05) is 63.6 Å². The van der Waals surface area contributed by atoms with Crippen LogP contribution in [0.3, 0.4) is 0 Å². The zero-order chi connectivity index (χ0) is 25.9. The van der Waals surface area contributed by atoms with Crippen LogP contribution in [-0.2, 0) is 0 Å². The van der Waals surface area contributed by atoms with Crippen LogP contribution in [0, 0.1) is 0 Å². The number of aromatic nitrogens is 3. The predicted molar refractivity (Wildman–Crippen MR) is 151 cm³/mol. The van der Waals surface area contributed by atoms with Crippen LogP contribution in [0.15, 0.2) is 41.5 Å². The van der Waals surface area contributed by atoms with Crippen molar-refractivity contribution in [3.63, 3.8) is 0 Å². The molecule has 3 rings (SSSR count). The molecule has 3 aromatic rings. The van der Waals surface area contributed by atoms with E-state index in [-0.39, 0.29) is 11.9 Å². The Morgan fingerprint density at radius 1 is 1.19 bits per heavy atom. The van der Waals surface area contributed by atoms with Crippen molar-refractivity contribution < 1.29 is 4.79 Å². The van der Waals surface area contributed by atoms with Gasteiger partial charge in [0.2, 0.25) is 5.95 Å². The van der Waals surface area contributed by atoms with E-state index in [4.69, 9.17) is 11.6 Å². The Hall–Kier alpha value is -3.19. The SMILES string of the molecule is C/C=C(\N=CCC)c1ccnc(Nc2cc(Cl)c3[nH]c(C(=O)NC(C)CCCCCCC)cc3c2)n1. The molecular weight excluding hydrogens is 472 g/mol. The normalized spacial score (nSPS) is 12.9. The summed E-state index contributed by atoms with van der Waals surface area (Å²) in [5.74, 6) is 0.315. The number of aromatic amines is 1. The lowest BCUT2D eigenvalue weighted by Gasteiger charge is -2.13. The van der Waals surface area contributed by atoms with Gasteiger partial charge in [0.15, 0.2) is 0 Å². The molecule has 0 saturated heterocycles. The maximum Gasteiger partial charge on any atom is 0.267 e.